The van der Waals surface area contributed by atoms with Crippen molar-refractivity contribution in [3.8, 4) is 0 Å². The summed E-state index contributed by atoms with van der Waals surface area (Å²) >= 11 is 0. The summed E-state index contributed by atoms with van der Waals surface area (Å²) in [5.74, 6) is 0.118. The number of hydrogen-bond acceptors (Lipinski definition) is 5. The molecule has 0 unspecified atom stereocenters. The first-order chi connectivity index (χ1) is 11.7. The van der Waals surface area contributed by atoms with E-state index in [1.165, 1.54) is 10.6 Å². The van der Waals surface area contributed by atoms with Gasteiger partial charge in [-0.05, 0) is 32.9 Å². The van der Waals surface area contributed by atoms with E-state index in [9.17, 15) is 13.2 Å². The molecule has 1 aromatic heterocycles. The molecule has 2 aliphatic heterocycles. The topological polar surface area (TPSA) is 87.5 Å². The van der Waals surface area contributed by atoms with Crippen molar-refractivity contribution in [2.75, 3.05) is 25.9 Å². The maximum Gasteiger partial charge on any atom is 0.224 e. The van der Waals surface area contributed by atoms with E-state index in [-0.39, 0.29) is 11.8 Å². The molecule has 0 aromatic carbocycles. The second-order valence-corrected chi connectivity index (χ2v) is 9.22. The molecule has 3 rings (SSSR count). The van der Waals surface area contributed by atoms with Gasteiger partial charge < -0.3 is 10.2 Å². The van der Waals surface area contributed by atoms with Gasteiger partial charge in [0.15, 0.2) is 0 Å². The molecule has 0 radical (unpaired) electrons. The molecule has 0 bridgehead atoms. The lowest BCUT2D eigenvalue weighted by Gasteiger charge is -2.25. The third kappa shape index (κ3) is 4.21. The summed E-state index contributed by atoms with van der Waals surface area (Å²) < 4.78 is 26.6. The molecular weight excluding hydrogens is 342 g/mol. The van der Waals surface area contributed by atoms with E-state index in [1.54, 1.807) is 0 Å². The minimum atomic E-state index is -3.19. The Bertz CT molecular complexity index is 743. The number of aromatic nitrogens is 2. The molecule has 0 aliphatic carbocycles. The summed E-state index contributed by atoms with van der Waals surface area (Å²) in [5, 5.41) is 7.46. The van der Waals surface area contributed by atoms with Gasteiger partial charge in [-0.15, -0.1) is 0 Å². The van der Waals surface area contributed by atoms with Crippen molar-refractivity contribution in [3.63, 3.8) is 0 Å². The third-order valence-corrected chi connectivity index (χ3v) is 6.30. The highest BCUT2D eigenvalue weighted by Crippen LogP contribution is 2.19. The van der Waals surface area contributed by atoms with Crippen molar-refractivity contribution >= 4 is 15.9 Å². The molecule has 140 valence electrons. The Balaban J connectivity index is 1.55. The largest absolute Gasteiger partial charge is 0.350 e. The monoisotopic (exact) mass is 369 g/mol. The maximum atomic E-state index is 12.4. The number of sulfonamides is 1. The molecule has 1 amide bonds. The Labute approximate surface area is 149 Å². The van der Waals surface area contributed by atoms with E-state index in [2.05, 4.69) is 29.2 Å². The van der Waals surface area contributed by atoms with Crippen LogP contribution in [0.15, 0.2) is 6.07 Å². The highest BCUT2D eigenvalue weighted by Gasteiger charge is 2.29. The van der Waals surface area contributed by atoms with Crippen LogP contribution in [0.2, 0.25) is 0 Å². The lowest BCUT2D eigenvalue weighted by Crippen LogP contribution is -2.37. The second kappa shape index (κ2) is 7.05. The number of nitrogens with zero attached hydrogens (tertiary/aromatic N) is 4. The van der Waals surface area contributed by atoms with Crippen molar-refractivity contribution in [2.45, 2.75) is 45.9 Å². The number of carbonyl (C=O) groups is 1. The van der Waals surface area contributed by atoms with Crippen molar-refractivity contribution in [3.05, 3.63) is 17.5 Å². The molecular formula is C16H27N5O3S. The van der Waals surface area contributed by atoms with Gasteiger partial charge in [-0.1, -0.05) is 0 Å². The molecule has 1 saturated heterocycles. The van der Waals surface area contributed by atoms with Crippen LogP contribution >= 0.6 is 0 Å². The summed E-state index contributed by atoms with van der Waals surface area (Å²) in [7, 11) is -3.19. The molecule has 25 heavy (non-hydrogen) atoms. The first kappa shape index (κ1) is 18.3. The smallest absolute Gasteiger partial charge is 0.224 e. The fourth-order valence-electron chi connectivity index (χ4n) is 3.46. The van der Waals surface area contributed by atoms with Gasteiger partial charge >= 0.3 is 0 Å². The summed E-state index contributed by atoms with van der Waals surface area (Å²) in [6, 6.07) is 2.35. The highest BCUT2D eigenvalue weighted by molar-refractivity contribution is 7.88. The van der Waals surface area contributed by atoms with Gasteiger partial charge in [-0.2, -0.15) is 9.40 Å². The van der Waals surface area contributed by atoms with Gasteiger partial charge in [0.2, 0.25) is 15.9 Å². The van der Waals surface area contributed by atoms with Crippen molar-refractivity contribution in [1.82, 2.24) is 24.3 Å². The fourth-order valence-corrected chi connectivity index (χ4v) is 4.24. The van der Waals surface area contributed by atoms with Gasteiger partial charge in [0, 0.05) is 19.1 Å². The lowest BCUT2D eigenvalue weighted by molar-refractivity contribution is -0.124. The maximum absolute atomic E-state index is 12.4. The first-order valence-electron chi connectivity index (χ1n) is 8.76. The Morgan fingerprint density at radius 3 is 2.76 bits per heavy atom. The van der Waals surface area contributed by atoms with Gasteiger partial charge in [-0.25, -0.2) is 8.42 Å². The minimum Gasteiger partial charge on any atom is -0.350 e. The van der Waals surface area contributed by atoms with E-state index in [0.29, 0.717) is 32.2 Å². The van der Waals surface area contributed by atoms with Gasteiger partial charge in [0.1, 0.15) is 0 Å². The Kier molecular flexibility index (Phi) is 5.17. The fraction of sp³-hybridized carbons (Fsp3) is 0.750. The van der Waals surface area contributed by atoms with Gasteiger partial charge in [-0.3, -0.25) is 9.48 Å². The highest BCUT2D eigenvalue weighted by atomic mass is 32.2. The predicted octanol–water partition coefficient (Wildman–Crippen LogP) is 0.00480. The normalized spacial score (nSPS) is 22.3. The van der Waals surface area contributed by atoms with Crippen molar-refractivity contribution in [1.29, 1.82) is 0 Å². The first-order valence-corrected chi connectivity index (χ1v) is 10.6. The summed E-state index contributed by atoms with van der Waals surface area (Å²) in [5.41, 5.74) is 1.64. The van der Waals surface area contributed by atoms with Crippen LogP contribution < -0.4 is 5.32 Å². The summed E-state index contributed by atoms with van der Waals surface area (Å²) in [4.78, 5) is 14.7. The minimum absolute atomic E-state index is 0.0420. The number of fused-ring (bicyclic) bond motifs is 1. The van der Waals surface area contributed by atoms with E-state index >= 15 is 0 Å². The number of hydrogen-bond donors (Lipinski definition) is 1. The van der Waals surface area contributed by atoms with Gasteiger partial charge in [0.25, 0.3) is 0 Å². The summed E-state index contributed by atoms with van der Waals surface area (Å²) in [6.07, 6.45) is 2.12. The van der Waals surface area contributed by atoms with Crippen LogP contribution in [0.25, 0.3) is 0 Å². The average molecular weight is 369 g/mol. The lowest BCUT2D eigenvalue weighted by atomic mass is 10.1. The number of amides is 1. The molecule has 1 fully saturated rings. The quantitative estimate of drug-likeness (QED) is 0.790. The molecule has 0 spiro atoms. The van der Waals surface area contributed by atoms with E-state index in [0.717, 1.165) is 30.9 Å². The van der Waals surface area contributed by atoms with Crippen LogP contribution in [0.1, 0.15) is 31.7 Å². The summed E-state index contributed by atoms with van der Waals surface area (Å²) in [6.45, 7) is 7.78. The van der Waals surface area contributed by atoms with Gasteiger partial charge in [0.05, 0.1) is 43.2 Å². The van der Waals surface area contributed by atoms with Crippen molar-refractivity contribution in [2.24, 2.45) is 5.92 Å². The number of likely N-dealkylation sites (tertiary alicyclic amines) is 1. The molecule has 1 atom stereocenters. The molecule has 1 N–H and O–H groups in total. The second-order valence-electron chi connectivity index (χ2n) is 7.24. The number of rotatable bonds is 5. The molecule has 3 heterocycles. The zero-order chi connectivity index (χ0) is 18.2. The third-order valence-electron chi connectivity index (χ3n) is 5.05. The molecule has 8 nitrogen and oxygen atoms in total. The van der Waals surface area contributed by atoms with Crippen LogP contribution in [-0.2, 0) is 34.5 Å². The molecule has 0 saturated carbocycles. The zero-order valence-corrected chi connectivity index (χ0v) is 15.9. The van der Waals surface area contributed by atoms with E-state index < -0.39 is 10.0 Å². The average Bonchev–Trinajstić information content (AvgIpc) is 3.17. The standard InChI is InChI=1S/C16H27N5O3S/c1-12(2)19-5-4-13(10-19)16(22)17-9-14-8-15-11-20(25(3,23)24)6-7-21(15)18-14/h8,12-13H,4-7,9-11H2,1-3H3,(H,17,22)/t13-/m1/s1. The van der Waals surface area contributed by atoms with E-state index in [4.69, 9.17) is 0 Å². The van der Waals surface area contributed by atoms with Crippen LogP contribution in [0.5, 0.6) is 0 Å². The number of nitrogens with one attached hydrogen (secondary N) is 1. The zero-order valence-electron chi connectivity index (χ0n) is 15.1. The SMILES string of the molecule is CC(C)N1CC[C@@H](C(=O)NCc2cc3n(n2)CCN(S(C)(=O)=O)C3)C1. The van der Waals surface area contributed by atoms with Crippen LogP contribution in [-0.4, -0.2) is 65.2 Å². The van der Waals surface area contributed by atoms with Crippen LogP contribution in [0.4, 0.5) is 0 Å². The number of carbonyl (C=O) groups excluding carboxylic acids is 1. The Morgan fingerprint density at radius 1 is 1.36 bits per heavy atom. The van der Waals surface area contributed by atoms with Crippen LogP contribution in [0.3, 0.4) is 0 Å². The molecule has 1 aromatic rings. The molecule has 9 heteroatoms. The van der Waals surface area contributed by atoms with E-state index in [1.807, 2.05) is 10.7 Å². The predicted molar refractivity (Wildman–Crippen MR) is 94.1 cm³/mol. The van der Waals surface area contributed by atoms with Crippen molar-refractivity contribution < 1.29 is 13.2 Å². The molecule has 2 aliphatic rings. The Hall–Kier alpha value is -1.45. The van der Waals surface area contributed by atoms with Crippen LogP contribution in [0, 0.1) is 5.92 Å². The Morgan fingerprint density at radius 2 is 2.12 bits per heavy atom.